The third kappa shape index (κ3) is 2.94. The fourth-order valence-electron chi connectivity index (χ4n) is 2.79. The maximum absolute atomic E-state index is 12.5. The summed E-state index contributed by atoms with van der Waals surface area (Å²) >= 11 is 0. The van der Waals surface area contributed by atoms with E-state index in [1.54, 1.807) is 10.9 Å². The summed E-state index contributed by atoms with van der Waals surface area (Å²) in [6, 6.07) is 15.4. The summed E-state index contributed by atoms with van der Waals surface area (Å²) in [7, 11) is 0. The maximum atomic E-state index is 12.5. The van der Waals surface area contributed by atoms with Crippen LogP contribution in [-0.2, 0) is 6.54 Å². The highest BCUT2D eigenvalue weighted by Gasteiger charge is 2.16. The standard InChI is InChI=1S/C19H17N3O3/c1-13-16(11-21-22(13)15-5-3-2-4-6-15)19(23)20-10-14-7-8-17-18(9-14)25-12-24-17/h2-9,11H,10,12H2,1H3,(H,20,23). The molecule has 0 atom stereocenters. The van der Waals surface area contributed by atoms with E-state index in [4.69, 9.17) is 9.47 Å². The number of rotatable bonds is 4. The number of para-hydroxylation sites is 1. The SMILES string of the molecule is Cc1c(C(=O)NCc2ccc3c(c2)OCO3)cnn1-c1ccccc1. The monoisotopic (exact) mass is 335 g/mol. The molecular weight excluding hydrogens is 318 g/mol. The van der Waals surface area contributed by atoms with Gasteiger partial charge in [0.25, 0.3) is 5.91 Å². The van der Waals surface area contributed by atoms with Crippen molar-refractivity contribution in [3.63, 3.8) is 0 Å². The summed E-state index contributed by atoms with van der Waals surface area (Å²) < 4.78 is 12.4. The third-order valence-corrected chi connectivity index (χ3v) is 4.15. The molecule has 0 bridgehead atoms. The van der Waals surface area contributed by atoms with Crippen LogP contribution in [0.2, 0.25) is 0 Å². The van der Waals surface area contributed by atoms with Crippen LogP contribution in [0.3, 0.4) is 0 Å². The highest BCUT2D eigenvalue weighted by Crippen LogP contribution is 2.32. The van der Waals surface area contributed by atoms with Gasteiger partial charge in [-0.2, -0.15) is 5.10 Å². The van der Waals surface area contributed by atoms with Crippen LogP contribution in [0.4, 0.5) is 0 Å². The van der Waals surface area contributed by atoms with Gasteiger partial charge in [0, 0.05) is 6.54 Å². The lowest BCUT2D eigenvalue weighted by Crippen LogP contribution is -2.23. The molecule has 6 nitrogen and oxygen atoms in total. The van der Waals surface area contributed by atoms with Crippen molar-refractivity contribution in [2.24, 2.45) is 0 Å². The number of aromatic nitrogens is 2. The van der Waals surface area contributed by atoms with Crippen LogP contribution < -0.4 is 14.8 Å². The van der Waals surface area contributed by atoms with Gasteiger partial charge in [-0.3, -0.25) is 4.79 Å². The van der Waals surface area contributed by atoms with E-state index >= 15 is 0 Å². The molecule has 126 valence electrons. The van der Waals surface area contributed by atoms with Crippen LogP contribution in [-0.4, -0.2) is 22.5 Å². The van der Waals surface area contributed by atoms with Gasteiger partial charge < -0.3 is 14.8 Å². The van der Waals surface area contributed by atoms with E-state index in [9.17, 15) is 4.79 Å². The topological polar surface area (TPSA) is 65.4 Å². The Bertz CT molecular complexity index is 919. The molecule has 3 aromatic rings. The molecule has 0 aliphatic carbocycles. The zero-order valence-electron chi connectivity index (χ0n) is 13.7. The first kappa shape index (κ1) is 15.3. The molecule has 1 aromatic heterocycles. The summed E-state index contributed by atoms with van der Waals surface area (Å²) in [4.78, 5) is 12.5. The van der Waals surface area contributed by atoms with Gasteiger partial charge in [0.1, 0.15) is 0 Å². The summed E-state index contributed by atoms with van der Waals surface area (Å²) in [5.41, 5.74) is 3.24. The predicted molar refractivity (Wildman–Crippen MR) is 92.0 cm³/mol. The Balaban J connectivity index is 1.48. The van der Waals surface area contributed by atoms with Crippen LogP contribution in [0.25, 0.3) is 5.69 Å². The Morgan fingerprint density at radius 1 is 1.16 bits per heavy atom. The molecule has 0 radical (unpaired) electrons. The van der Waals surface area contributed by atoms with E-state index in [2.05, 4.69) is 10.4 Å². The molecule has 0 spiro atoms. The van der Waals surface area contributed by atoms with Crippen molar-refractivity contribution in [3.8, 4) is 17.2 Å². The van der Waals surface area contributed by atoms with Gasteiger partial charge in [0.05, 0.1) is 23.1 Å². The second kappa shape index (κ2) is 6.32. The van der Waals surface area contributed by atoms with E-state index in [0.717, 1.165) is 22.7 Å². The predicted octanol–water partition coefficient (Wildman–Crippen LogP) is 2.84. The number of ether oxygens (including phenoxy) is 2. The van der Waals surface area contributed by atoms with Crippen LogP contribution in [0.1, 0.15) is 21.6 Å². The highest BCUT2D eigenvalue weighted by molar-refractivity contribution is 5.95. The molecule has 4 rings (SSSR count). The normalized spacial score (nSPS) is 12.2. The minimum absolute atomic E-state index is 0.155. The number of carbonyl (C=O) groups is 1. The van der Waals surface area contributed by atoms with Gasteiger partial charge in [-0.05, 0) is 36.8 Å². The maximum Gasteiger partial charge on any atom is 0.255 e. The van der Waals surface area contributed by atoms with Gasteiger partial charge in [0.2, 0.25) is 6.79 Å². The average molecular weight is 335 g/mol. The van der Waals surface area contributed by atoms with E-state index < -0.39 is 0 Å². The quantitative estimate of drug-likeness (QED) is 0.796. The van der Waals surface area contributed by atoms with E-state index in [1.165, 1.54) is 0 Å². The number of nitrogens with zero attached hydrogens (tertiary/aromatic N) is 2. The van der Waals surface area contributed by atoms with Gasteiger partial charge in [-0.25, -0.2) is 4.68 Å². The molecule has 0 unspecified atom stereocenters. The summed E-state index contributed by atoms with van der Waals surface area (Å²) in [6.45, 7) is 2.53. The molecule has 25 heavy (non-hydrogen) atoms. The molecule has 0 fully saturated rings. The molecule has 0 saturated heterocycles. The molecular formula is C19H17N3O3. The minimum Gasteiger partial charge on any atom is -0.454 e. The molecule has 6 heteroatoms. The second-order valence-electron chi connectivity index (χ2n) is 5.76. The Hall–Kier alpha value is -3.28. The van der Waals surface area contributed by atoms with Crippen molar-refractivity contribution in [1.82, 2.24) is 15.1 Å². The molecule has 1 N–H and O–H groups in total. The average Bonchev–Trinajstić information content (AvgIpc) is 3.26. The zero-order chi connectivity index (χ0) is 17.2. The first-order chi connectivity index (χ1) is 12.2. The Morgan fingerprint density at radius 2 is 1.96 bits per heavy atom. The molecule has 2 aromatic carbocycles. The zero-order valence-corrected chi connectivity index (χ0v) is 13.7. The number of fused-ring (bicyclic) bond motifs is 1. The Kier molecular flexibility index (Phi) is 3.85. The highest BCUT2D eigenvalue weighted by atomic mass is 16.7. The largest absolute Gasteiger partial charge is 0.454 e. The van der Waals surface area contributed by atoms with Crippen molar-refractivity contribution >= 4 is 5.91 Å². The number of benzene rings is 2. The summed E-state index contributed by atoms with van der Waals surface area (Å²) in [5.74, 6) is 1.28. The number of carbonyl (C=O) groups excluding carboxylic acids is 1. The lowest BCUT2D eigenvalue weighted by molar-refractivity contribution is 0.0950. The number of amides is 1. The van der Waals surface area contributed by atoms with Crippen molar-refractivity contribution in [2.45, 2.75) is 13.5 Å². The minimum atomic E-state index is -0.155. The van der Waals surface area contributed by atoms with Crippen LogP contribution in [0.5, 0.6) is 11.5 Å². The number of hydrogen-bond acceptors (Lipinski definition) is 4. The second-order valence-corrected chi connectivity index (χ2v) is 5.76. The molecule has 2 heterocycles. The van der Waals surface area contributed by atoms with Crippen molar-refractivity contribution < 1.29 is 14.3 Å². The fourth-order valence-corrected chi connectivity index (χ4v) is 2.79. The van der Waals surface area contributed by atoms with Crippen molar-refractivity contribution in [3.05, 3.63) is 71.5 Å². The lowest BCUT2D eigenvalue weighted by atomic mass is 10.2. The molecule has 1 aliphatic heterocycles. The van der Waals surface area contributed by atoms with Crippen molar-refractivity contribution in [1.29, 1.82) is 0 Å². The van der Waals surface area contributed by atoms with E-state index in [1.807, 2.05) is 55.5 Å². The Morgan fingerprint density at radius 3 is 2.80 bits per heavy atom. The number of hydrogen-bond donors (Lipinski definition) is 1. The molecule has 1 aliphatic rings. The van der Waals surface area contributed by atoms with Gasteiger partial charge in [0.15, 0.2) is 11.5 Å². The smallest absolute Gasteiger partial charge is 0.255 e. The van der Waals surface area contributed by atoms with Crippen LogP contribution >= 0.6 is 0 Å². The van der Waals surface area contributed by atoms with Crippen LogP contribution in [0.15, 0.2) is 54.7 Å². The summed E-state index contributed by atoms with van der Waals surface area (Å²) in [6.07, 6.45) is 1.59. The van der Waals surface area contributed by atoms with Gasteiger partial charge >= 0.3 is 0 Å². The van der Waals surface area contributed by atoms with Crippen molar-refractivity contribution in [2.75, 3.05) is 6.79 Å². The van der Waals surface area contributed by atoms with Gasteiger partial charge in [-0.1, -0.05) is 24.3 Å². The third-order valence-electron chi connectivity index (χ3n) is 4.15. The van der Waals surface area contributed by atoms with Crippen LogP contribution in [0, 0.1) is 6.92 Å². The fraction of sp³-hybridized carbons (Fsp3) is 0.158. The van der Waals surface area contributed by atoms with Gasteiger partial charge in [-0.15, -0.1) is 0 Å². The first-order valence-electron chi connectivity index (χ1n) is 7.99. The Labute approximate surface area is 145 Å². The first-order valence-corrected chi connectivity index (χ1v) is 7.99. The van der Waals surface area contributed by atoms with E-state index in [-0.39, 0.29) is 12.7 Å². The summed E-state index contributed by atoms with van der Waals surface area (Å²) in [5, 5.41) is 7.25. The van der Waals surface area contributed by atoms with E-state index in [0.29, 0.717) is 17.9 Å². The molecule has 1 amide bonds. The number of nitrogens with one attached hydrogen (secondary N) is 1. The lowest BCUT2D eigenvalue weighted by Gasteiger charge is -2.07. The molecule has 0 saturated carbocycles.